The molecule has 0 saturated carbocycles. The minimum absolute atomic E-state index is 0. The molecule has 12 heterocycles. The number of ether oxygens (including phenoxy) is 2. The Kier molecular flexibility index (Phi) is 45.7. The van der Waals surface area contributed by atoms with Crippen LogP contribution in [-0.4, -0.2) is 170 Å². The first-order chi connectivity index (χ1) is 53.1. The fourth-order valence-corrected chi connectivity index (χ4v) is 11.6. The Morgan fingerprint density at radius 3 is 1.46 bits per heavy atom. The van der Waals surface area contributed by atoms with Crippen molar-refractivity contribution in [2.24, 2.45) is 16.2 Å². The van der Waals surface area contributed by atoms with Gasteiger partial charge >= 0.3 is 78.4 Å². The van der Waals surface area contributed by atoms with Gasteiger partial charge in [0.25, 0.3) is 6.47 Å². The summed E-state index contributed by atoms with van der Waals surface area (Å²) in [6.07, 6.45) is 15.5. The number of rotatable bonds is 14. The second-order valence-electron chi connectivity index (χ2n) is 24.0. The van der Waals surface area contributed by atoms with E-state index in [9.17, 15) is 24.0 Å². The summed E-state index contributed by atoms with van der Waals surface area (Å²) in [5.74, 6) is 4.03. The number of nitrogens with one attached hydrogen (secondary N) is 2. The van der Waals surface area contributed by atoms with Gasteiger partial charge in [0.1, 0.15) is 54.3 Å². The number of oxime groups is 2. The molecule has 7 aromatic heterocycles. The molecule has 2 aromatic carbocycles. The predicted octanol–water partition coefficient (Wildman–Crippen LogP) is 4.07. The van der Waals surface area contributed by atoms with Gasteiger partial charge in [0.05, 0.1) is 71.0 Å². The van der Waals surface area contributed by atoms with Crippen LogP contribution in [0.25, 0.3) is 33.9 Å². The second-order valence-corrected chi connectivity index (χ2v) is 28.0. The number of benzene rings is 2. The van der Waals surface area contributed by atoms with Gasteiger partial charge in [-0.2, -0.15) is 0 Å². The molecule has 3 saturated heterocycles. The van der Waals surface area contributed by atoms with E-state index in [-0.39, 0.29) is 154 Å². The van der Waals surface area contributed by atoms with E-state index in [0.29, 0.717) is 77.9 Å². The number of terminal acetylenes is 1. The molecule has 0 radical (unpaired) electrons. The summed E-state index contributed by atoms with van der Waals surface area (Å²) in [4.78, 5) is 92.0. The molecule has 4 amide bonds. The van der Waals surface area contributed by atoms with Crippen LogP contribution in [-0.2, 0) is 64.1 Å². The molecule has 0 bridgehead atoms. The van der Waals surface area contributed by atoms with E-state index in [4.69, 9.17) is 80.4 Å². The average molecular weight is 1910 g/mol. The first-order valence-electron chi connectivity index (χ1n) is 32.4. The number of nitrogens with two attached hydrogens (primary N) is 1. The Hall–Kier alpha value is -8.19. The molecule has 602 valence electrons. The number of aldehydes is 1. The Labute approximate surface area is 750 Å². The predicted molar refractivity (Wildman–Crippen MR) is 428 cm³/mol. The molecule has 4 atom stereocenters. The summed E-state index contributed by atoms with van der Waals surface area (Å²) in [5, 5.41) is 75.0. The van der Waals surface area contributed by atoms with E-state index < -0.39 is 18.3 Å². The van der Waals surface area contributed by atoms with E-state index in [1.807, 2.05) is 82.3 Å². The Bertz CT molecular complexity index is 4680. The Morgan fingerprint density at radius 2 is 1.09 bits per heavy atom. The molecule has 5 aliphatic heterocycles. The van der Waals surface area contributed by atoms with Crippen LogP contribution >= 0.6 is 87.7 Å². The normalized spacial score (nSPS) is 15.9. The number of cyclic esters (lactones) is 2. The van der Waals surface area contributed by atoms with Gasteiger partial charge in [-0.3, -0.25) is 53.9 Å². The van der Waals surface area contributed by atoms with Gasteiger partial charge in [0.15, 0.2) is 23.0 Å². The molecule has 14 rings (SSSR count). The summed E-state index contributed by atoms with van der Waals surface area (Å²) in [7, 11) is -0.433. The minimum atomic E-state index is -0.433. The minimum Gasteiger partial charge on any atom is -1.00 e. The maximum atomic E-state index is 12.4. The first-order valence-corrected chi connectivity index (χ1v) is 35.9. The fourth-order valence-electron chi connectivity index (χ4n) is 10.5. The van der Waals surface area contributed by atoms with Gasteiger partial charge in [-0.05, 0) is 199 Å². The zero-order chi connectivity index (χ0) is 81.5. The van der Waals surface area contributed by atoms with Crippen LogP contribution in [0.1, 0.15) is 94.9 Å². The summed E-state index contributed by atoms with van der Waals surface area (Å²) in [6, 6.07) is 32.8. The van der Waals surface area contributed by atoms with Gasteiger partial charge in [-0.1, -0.05) is 70.3 Å². The summed E-state index contributed by atoms with van der Waals surface area (Å²) < 4.78 is 36.6. The van der Waals surface area contributed by atoms with Crippen molar-refractivity contribution in [3.63, 3.8) is 0 Å². The molecule has 5 aliphatic rings. The van der Waals surface area contributed by atoms with Gasteiger partial charge in [-0.15, -0.1) is 12.4 Å². The van der Waals surface area contributed by atoms with Crippen LogP contribution in [0.4, 0.5) is 21.0 Å². The number of fused-ring (bicyclic) bond motifs is 6. The van der Waals surface area contributed by atoms with Crippen molar-refractivity contribution in [1.29, 1.82) is 0 Å². The third kappa shape index (κ3) is 30.0. The maximum Gasteiger partial charge on any atom is 1.00 e. The van der Waals surface area contributed by atoms with Crippen molar-refractivity contribution in [2.45, 2.75) is 111 Å². The number of hydrogen-bond donors (Lipinski definition) is 9. The van der Waals surface area contributed by atoms with Crippen molar-refractivity contribution >= 4 is 160 Å². The van der Waals surface area contributed by atoms with Crippen LogP contribution in [0.15, 0.2) is 177 Å². The van der Waals surface area contributed by atoms with Crippen LogP contribution < -0.4 is 96.2 Å². The topological polar surface area (TPSA) is 491 Å². The number of carbonyl (C=O) groups excluding carboxylic acids is 6. The van der Waals surface area contributed by atoms with Crippen LogP contribution in [0.5, 0.6) is 0 Å². The Morgan fingerprint density at radius 1 is 0.670 bits per heavy atom. The smallest absolute Gasteiger partial charge is 1.00 e. The molecule has 9 aromatic rings. The number of carbonyl (C=O) groups is 6. The Balaban J connectivity index is 0.000000715. The third-order valence-electron chi connectivity index (χ3n) is 16.3. The third-order valence-corrected chi connectivity index (χ3v) is 18.4. The molecule has 43 heteroatoms. The monoisotopic (exact) mass is 1900 g/mol. The van der Waals surface area contributed by atoms with Crippen molar-refractivity contribution < 1.29 is 158 Å². The zero-order valence-electron chi connectivity index (χ0n) is 62.9. The van der Waals surface area contributed by atoms with Crippen LogP contribution in [0.3, 0.4) is 0 Å². The molecule has 0 aliphatic carbocycles. The average Bonchev–Trinajstić information content (AvgIpc) is 1.60. The van der Waals surface area contributed by atoms with Crippen LogP contribution in [0, 0.1) is 12.5 Å². The van der Waals surface area contributed by atoms with Gasteiger partial charge < -0.3 is 81.0 Å². The molecule has 115 heavy (non-hydrogen) atoms. The van der Waals surface area contributed by atoms with Gasteiger partial charge in [-0.25, -0.2) is 15.5 Å². The van der Waals surface area contributed by atoms with E-state index in [2.05, 4.69) is 149 Å². The number of anilines is 2. The number of nitrogens with zero attached hydrogens (tertiary/aromatic N) is 11. The summed E-state index contributed by atoms with van der Waals surface area (Å²) in [6.45, 7) is 11.1. The largest absolute Gasteiger partial charge is 1.00 e. The summed E-state index contributed by atoms with van der Waals surface area (Å²) >= 11 is 18.4. The van der Waals surface area contributed by atoms with Gasteiger partial charge in [0, 0.05) is 80.4 Å². The van der Waals surface area contributed by atoms with Gasteiger partial charge in [0.2, 0.25) is 11.8 Å². The first kappa shape index (κ1) is 103. The number of amides is 4. The number of hydrogen-bond acceptors (Lipinski definition) is 30. The quantitative estimate of drug-likeness (QED) is 0.0141. The number of aliphatic hydroxyl groups is 3. The van der Waals surface area contributed by atoms with Crippen molar-refractivity contribution in [2.75, 3.05) is 22.9 Å². The second kappa shape index (κ2) is 51.1. The van der Waals surface area contributed by atoms with E-state index in [1.54, 1.807) is 83.2 Å². The molecule has 0 spiro atoms. The van der Waals surface area contributed by atoms with Crippen LogP contribution in [0.2, 0.25) is 0 Å². The molecule has 10 N–H and O–H groups in total. The fraction of sp³-hybridized carbons (Fsp3) is 0.264. The number of aliphatic hydroxyl groups excluding tert-OH is 3. The maximum absolute atomic E-state index is 12.4. The van der Waals surface area contributed by atoms with E-state index in [1.165, 1.54) is 26.2 Å². The zero-order valence-corrected chi connectivity index (χ0v) is 73.8. The van der Waals surface area contributed by atoms with E-state index in [0.717, 1.165) is 62.7 Å². The molecule has 3 fully saturated rings. The standard InChI is InChI=1S/C22H20N4O5.C19H25BN2O5.C9H7BrN2O2.C6H4BrClN2O.C6H5BrN2O.C6H4BrNO.C2H2O.CH2O3.CH4.ClH.H3NO.2Na.H/c1-12(28)23-10-21-20-7-15-6-13(3-5-19(15)26(20)22(29)30-21)14-2-4-17(24-9-14)18-8-16(11-27)31-25-18;1-11(23)21-10-16-15-9-12-8-13(6-7-14(12)22(15)17(24)25-16)20-26-18(2,3)19(4,5)27-20;10-6-1-2-8(11-4-6)9-3-7(5-13)14-12-9;7-4-1-2-5(9-3-4)6(8)10-11;7-5-1-2-6(4-9-10)8-3-5;7-5-1-2-6(4-9)8-3-5;1-2-3;2-1-4-3;;;1-2;;;/h2-6,8-9,20-21,27H,7,10-11H2,1H3,(H,23,28);6-8,15-16H,9-10H2,1-5H3,(H,21,23);1-4,13H,5H2;1-3,11H;1-4,10H;1-4H;1,3H;1,3H;1H4;1H;2H,1H2;;;/q;;;;;;;;;;;2*+1;-1/p-1/b;;;10-6-;9-4+;;;;;;;;;/t20-,21+;15-,16+;;;;;;;;;;;;/m11............/s1. The number of aromatic nitrogens is 7. The summed E-state index contributed by atoms with van der Waals surface area (Å²) in [5.41, 5.74) is 9.98. The number of halogens is 6. The SMILES string of the molecule is C.C#CO.CC(=O)NC[C@@H]1OC(=O)N2c3ccc(-c4ccc(-c5cc(CO)on5)nc4)cc3C[C@H]12.CC(=O)NC[C@@H]1OC(=O)N2c3ccc(B4OC(C)(C)C(C)(C)O4)cc3C[C@H]12.Cl.NO.O/N=C(\Cl)c1ccc(Br)cn1.O/N=C/c1ccc(Br)cn1.O=CO[O-].O=Cc1ccc(Br)cn1.OCc1cc(-c2ccc(Br)cn2)no1.[H-].[Na+].[Na+]. The van der Waals surface area contributed by atoms with Crippen molar-refractivity contribution in [1.82, 2.24) is 45.9 Å². The molecular formula is C72H77BBr4Cl2N14Na2O20. The van der Waals surface area contributed by atoms with E-state index >= 15 is 0 Å². The molecule has 34 nitrogen and oxygen atoms in total. The molecular weight excluding hydrogens is 1830 g/mol. The molecule has 0 unspecified atom stereocenters. The number of pyridine rings is 5. The van der Waals surface area contributed by atoms with Crippen molar-refractivity contribution in [3.8, 4) is 46.4 Å². The van der Waals surface area contributed by atoms with Crippen molar-refractivity contribution in [3.05, 3.63) is 198 Å².